The molecule has 1 aliphatic rings. The molecule has 0 radical (unpaired) electrons. The Morgan fingerprint density at radius 2 is 1.76 bits per heavy atom. The summed E-state index contributed by atoms with van der Waals surface area (Å²) in [5.41, 5.74) is 13.6. The molecule has 0 aromatic heterocycles. The van der Waals surface area contributed by atoms with Crippen LogP contribution in [0.3, 0.4) is 0 Å². The van der Waals surface area contributed by atoms with Gasteiger partial charge in [-0.15, -0.1) is 0 Å². The van der Waals surface area contributed by atoms with Gasteiger partial charge in [0.2, 0.25) is 0 Å². The molecular formula is C30H41FN2. The molecule has 0 heterocycles. The largest absolute Gasteiger partial charge is 0.397 e. The molecule has 2 aromatic carbocycles. The van der Waals surface area contributed by atoms with Gasteiger partial charge in [-0.1, -0.05) is 73.2 Å². The van der Waals surface area contributed by atoms with Crippen LogP contribution in [0, 0.1) is 12.8 Å². The number of hydrogen-bond acceptors (Lipinski definition) is 2. The summed E-state index contributed by atoms with van der Waals surface area (Å²) in [6, 6.07) is 15.2. The molecule has 1 atom stereocenters. The Hall–Kier alpha value is -2.81. The molecule has 3 rings (SSSR count). The number of anilines is 2. The Balaban J connectivity index is 0.000000696. The van der Waals surface area contributed by atoms with Gasteiger partial charge in [0.15, 0.2) is 0 Å². The van der Waals surface area contributed by atoms with Crippen molar-refractivity contribution in [2.75, 3.05) is 23.7 Å². The zero-order chi connectivity index (χ0) is 24.6. The molecule has 0 aliphatic heterocycles. The highest BCUT2D eigenvalue weighted by Crippen LogP contribution is 2.29. The Morgan fingerprint density at radius 1 is 1.12 bits per heavy atom. The van der Waals surface area contributed by atoms with E-state index in [1.165, 1.54) is 37.5 Å². The molecule has 0 bridgehead atoms. The fraction of sp³-hybridized carbons (Fsp3) is 0.400. The van der Waals surface area contributed by atoms with Crippen LogP contribution in [0.5, 0.6) is 0 Å². The van der Waals surface area contributed by atoms with Gasteiger partial charge in [0, 0.05) is 13.1 Å². The number of halogens is 1. The molecule has 0 fully saturated rings. The first-order valence-electron chi connectivity index (χ1n) is 11.9. The highest BCUT2D eigenvalue weighted by atomic mass is 19.1. The predicted octanol–water partition coefficient (Wildman–Crippen LogP) is 7.94. The molecule has 33 heavy (non-hydrogen) atoms. The lowest BCUT2D eigenvalue weighted by molar-refractivity contribution is 0.246. The number of alkyl halides is 1. The van der Waals surface area contributed by atoms with Crippen molar-refractivity contribution in [3.63, 3.8) is 0 Å². The van der Waals surface area contributed by atoms with Gasteiger partial charge in [0.05, 0.1) is 11.4 Å². The van der Waals surface area contributed by atoms with E-state index in [4.69, 9.17) is 5.73 Å². The predicted molar refractivity (Wildman–Crippen MR) is 145 cm³/mol. The van der Waals surface area contributed by atoms with Crippen molar-refractivity contribution in [3.05, 3.63) is 89.5 Å². The maximum absolute atomic E-state index is 11.7. The first-order valence-corrected chi connectivity index (χ1v) is 11.9. The fourth-order valence-corrected chi connectivity index (χ4v) is 3.67. The van der Waals surface area contributed by atoms with E-state index in [0.717, 1.165) is 48.4 Å². The standard InChI is InChI=1S/C26H32N2.C4H9F/c1-19(2)24-13-14-26(25(27)17-24)28(18-23-12-9-21(4)16-23)15-5-6-22-10-7-20(3)8-11-22;1-4(2,3)5/h7-14,16-17,21H,1,5-6,15,18,27H2,2-4H3;1-3H3. The molecule has 1 aliphatic carbocycles. The molecular weight excluding hydrogens is 407 g/mol. The third-order valence-corrected chi connectivity index (χ3v) is 5.34. The zero-order valence-electron chi connectivity index (χ0n) is 21.3. The highest BCUT2D eigenvalue weighted by Gasteiger charge is 2.14. The second-order valence-corrected chi connectivity index (χ2v) is 10.1. The minimum atomic E-state index is -1.00. The third-order valence-electron chi connectivity index (χ3n) is 5.34. The summed E-state index contributed by atoms with van der Waals surface area (Å²) in [5.74, 6) is 0.521. The molecule has 2 nitrogen and oxygen atoms in total. The van der Waals surface area contributed by atoms with E-state index in [1.54, 1.807) is 0 Å². The van der Waals surface area contributed by atoms with Crippen LogP contribution in [0.1, 0.15) is 57.7 Å². The Bertz CT molecular complexity index is 971. The van der Waals surface area contributed by atoms with Crippen molar-refractivity contribution < 1.29 is 4.39 Å². The van der Waals surface area contributed by atoms with Crippen LogP contribution in [-0.2, 0) is 6.42 Å². The SMILES string of the molecule is C=C(C)c1ccc(N(CCCc2ccc(C)cc2)CC2=CC(C)C=C2)c(N)c1.CC(C)(C)F. The quantitative estimate of drug-likeness (QED) is 0.415. The van der Waals surface area contributed by atoms with E-state index in [9.17, 15) is 4.39 Å². The fourth-order valence-electron chi connectivity index (χ4n) is 3.67. The summed E-state index contributed by atoms with van der Waals surface area (Å²) >= 11 is 0. The molecule has 2 aromatic rings. The number of nitrogens with zero attached hydrogens (tertiary/aromatic N) is 1. The first kappa shape index (κ1) is 26.4. The van der Waals surface area contributed by atoms with Crippen molar-refractivity contribution in [1.29, 1.82) is 0 Å². The molecule has 0 saturated heterocycles. The number of rotatable bonds is 8. The number of nitrogen functional groups attached to an aromatic ring is 1. The van der Waals surface area contributed by atoms with Crippen LogP contribution in [-0.4, -0.2) is 18.8 Å². The van der Waals surface area contributed by atoms with Crippen molar-refractivity contribution in [1.82, 2.24) is 0 Å². The molecule has 2 N–H and O–H groups in total. The Kier molecular flexibility index (Phi) is 9.52. The van der Waals surface area contributed by atoms with Gasteiger partial charge in [0.1, 0.15) is 5.67 Å². The Morgan fingerprint density at radius 3 is 2.27 bits per heavy atom. The number of allylic oxidation sites excluding steroid dienone is 3. The second-order valence-electron chi connectivity index (χ2n) is 10.1. The van der Waals surface area contributed by atoms with Crippen molar-refractivity contribution in [2.45, 2.75) is 60.1 Å². The minimum absolute atomic E-state index is 0.521. The van der Waals surface area contributed by atoms with E-state index in [0.29, 0.717) is 5.92 Å². The number of aryl methyl sites for hydroxylation is 2. The van der Waals surface area contributed by atoms with Gasteiger partial charge in [-0.05, 0) is 82.2 Å². The van der Waals surface area contributed by atoms with Crippen LogP contribution in [0.4, 0.5) is 15.8 Å². The van der Waals surface area contributed by atoms with E-state index >= 15 is 0 Å². The summed E-state index contributed by atoms with van der Waals surface area (Å²) in [4.78, 5) is 2.42. The average Bonchev–Trinajstić information content (AvgIpc) is 3.12. The third kappa shape index (κ3) is 9.69. The molecule has 0 amide bonds. The van der Waals surface area contributed by atoms with Crippen LogP contribution < -0.4 is 10.6 Å². The lowest BCUT2D eigenvalue weighted by Crippen LogP contribution is -2.27. The number of nitrogens with two attached hydrogens (primary N) is 1. The summed E-state index contributed by atoms with van der Waals surface area (Å²) in [6.45, 7) is 16.8. The maximum atomic E-state index is 11.7. The summed E-state index contributed by atoms with van der Waals surface area (Å²) in [6.07, 6.45) is 9.01. The van der Waals surface area contributed by atoms with Crippen molar-refractivity contribution in [3.8, 4) is 0 Å². The highest BCUT2D eigenvalue weighted by molar-refractivity contribution is 5.75. The average molecular weight is 449 g/mol. The van der Waals surface area contributed by atoms with Gasteiger partial charge in [-0.25, -0.2) is 4.39 Å². The molecule has 178 valence electrons. The molecule has 0 spiro atoms. The molecule has 3 heteroatoms. The number of hydrogen-bond donors (Lipinski definition) is 1. The summed E-state index contributed by atoms with van der Waals surface area (Å²) in [7, 11) is 0. The maximum Gasteiger partial charge on any atom is 0.102 e. The van der Waals surface area contributed by atoms with Gasteiger partial charge in [0.25, 0.3) is 0 Å². The van der Waals surface area contributed by atoms with Crippen molar-refractivity contribution in [2.24, 2.45) is 5.92 Å². The van der Waals surface area contributed by atoms with Crippen molar-refractivity contribution >= 4 is 16.9 Å². The van der Waals surface area contributed by atoms with E-state index < -0.39 is 5.67 Å². The summed E-state index contributed by atoms with van der Waals surface area (Å²) in [5, 5.41) is 0. The normalized spacial score (nSPS) is 15.0. The van der Waals surface area contributed by atoms with Crippen LogP contribution >= 0.6 is 0 Å². The zero-order valence-corrected chi connectivity index (χ0v) is 21.3. The summed E-state index contributed by atoms with van der Waals surface area (Å²) < 4.78 is 11.7. The molecule has 0 saturated carbocycles. The minimum Gasteiger partial charge on any atom is -0.397 e. The second kappa shape index (κ2) is 11.9. The molecule has 1 unspecified atom stereocenters. The smallest absolute Gasteiger partial charge is 0.102 e. The van der Waals surface area contributed by atoms with E-state index in [-0.39, 0.29) is 0 Å². The van der Waals surface area contributed by atoms with Gasteiger partial charge < -0.3 is 10.6 Å². The van der Waals surface area contributed by atoms with Crippen LogP contribution in [0.2, 0.25) is 0 Å². The first-order chi connectivity index (χ1) is 15.4. The van der Waals surface area contributed by atoms with Gasteiger partial charge >= 0.3 is 0 Å². The van der Waals surface area contributed by atoms with E-state index in [1.807, 2.05) is 13.0 Å². The van der Waals surface area contributed by atoms with Crippen LogP contribution in [0.15, 0.2) is 72.8 Å². The Labute approximate surface area is 200 Å². The van der Waals surface area contributed by atoms with E-state index in [2.05, 4.69) is 80.0 Å². The van der Waals surface area contributed by atoms with Gasteiger partial charge in [-0.3, -0.25) is 0 Å². The monoisotopic (exact) mass is 448 g/mol. The number of benzene rings is 2. The lowest BCUT2D eigenvalue weighted by atomic mass is 10.1. The lowest BCUT2D eigenvalue weighted by Gasteiger charge is -2.27. The van der Waals surface area contributed by atoms with Crippen LogP contribution in [0.25, 0.3) is 5.57 Å². The van der Waals surface area contributed by atoms with Gasteiger partial charge in [-0.2, -0.15) is 0 Å². The topological polar surface area (TPSA) is 29.3 Å².